The van der Waals surface area contributed by atoms with E-state index in [0.29, 0.717) is 29.0 Å². The minimum Gasteiger partial charge on any atom is -0.294 e. The molecule has 25 heavy (non-hydrogen) atoms. The third kappa shape index (κ3) is 3.22. The highest BCUT2D eigenvalue weighted by Crippen LogP contribution is 2.36. The quantitative estimate of drug-likeness (QED) is 0.825. The third-order valence-corrected chi connectivity index (χ3v) is 7.43. The second-order valence-corrected chi connectivity index (χ2v) is 9.02. The first kappa shape index (κ1) is 17.0. The van der Waals surface area contributed by atoms with Gasteiger partial charge in [0.05, 0.1) is 4.90 Å². The zero-order chi connectivity index (χ0) is 17.4. The first-order valence-corrected chi connectivity index (χ1v) is 10.4. The Bertz CT molecular complexity index is 859. The molecule has 0 bridgehead atoms. The summed E-state index contributed by atoms with van der Waals surface area (Å²) < 4.78 is 27.2. The smallest absolute Gasteiger partial charge is 0.243 e. The van der Waals surface area contributed by atoms with Gasteiger partial charge in [-0.2, -0.15) is 4.31 Å². The number of halogens is 1. The molecule has 4 rings (SSSR count). The van der Waals surface area contributed by atoms with Gasteiger partial charge in [-0.1, -0.05) is 35.9 Å². The van der Waals surface area contributed by atoms with Crippen molar-refractivity contribution in [3.05, 3.63) is 64.7 Å². The van der Waals surface area contributed by atoms with Crippen LogP contribution in [0.2, 0.25) is 5.02 Å². The Morgan fingerprint density at radius 2 is 1.60 bits per heavy atom. The molecular formula is C19H21ClN2O2S. The standard InChI is InChI=1S/C19H21ClN2O2S/c20-16-6-8-17(9-7-16)25(23,24)22-13-11-21(12-14-22)19-10-5-15-3-1-2-4-18(15)19/h1-4,6-9,19H,5,10-14H2. The van der Waals surface area contributed by atoms with Crippen LogP contribution in [0.5, 0.6) is 0 Å². The van der Waals surface area contributed by atoms with Gasteiger partial charge in [-0.05, 0) is 48.2 Å². The van der Waals surface area contributed by atoms with E-state index >= 15 is 0 Å². The highest BCUT2D eigenvalue weighted by molar-refractivity contribution is 7.89. The Morgan fingerprint density at radius 1 is 0.920 bits per heavy atom. The molecule has 0 N–H and O–H groups in total. The summed E-state index contributed by atoms with van der Waals surface area (Å²) in [6.45, 7) is 2.60. The van der Waals surface area contributed by atoms with Gasteiger partial charge in [-0.25, -0.2) is 8.42 Å². The SMILES string of the molecule is O=S(=O)(c1ccc(Cl)cc1)N1CCN(C2CCc3ccccc32)CC1. The van der Waals surface area contributed by atoms with Crippen LogP contribution in [0.1, 0.15) is 23.6 Å². The fraction of sp³-hybridized carbons (Fsp3) is 0.368. The summed E-state index contributed by atoms with van der Waals surface area (Å²) in [6, 6.07) is 15.4. The van der Waals surface area contributed by atoms with Gasteiger partial charge >= 0.3 is 0 Å². The molecule has 6 heteroatoms. The first-order chi connectivity index (χ1) is 12.1. The van der Waals surface area contributed by atoms with E-state index in [2.05, 4.69) is 29.2 Å². The number of benzene rings is 2. The van der Waals surface area contributed by atoms with Crippen LogP contribution in [0.4, 0.5) is 0 Å². The maximum Gasteiger partial charge on any atom is 0.243 e. The van der Waals surface area contributed by atoms with Gasteiger partial charge in [-0.15, -0.1) is 0 Å². The summed E-state index contributed by atoms with van der Waals surface area (Å²) in [7, 11) is -3.44. The molecule has 1 unspecified atom stereocenters. The molecule has 4 nitrogen and oxygen atoms in total. The molecule has 1 fully saturated rings. The summed E-state index contributed by atoms with van der Waals surface area (Å²) >= 11 is 5.87. The fourth-order valence-electron chi connectivity index (χ4n) is 3.93. The van der Waals surface area contributed by atoms with E-state index in [9.17, 15) is 8.42 Å². The van der Waals surface area contributed by atoms with Crippen LogP contribution in [0, 0.1) is 0 Å². The molecular weight excluding hydrogens is 356 g/mol. The lowest BCUT2D eigenvalue weighted by molar-refractivity contribution is 0.137. The second-order valence-electron chi connectivity index (χ2n) is 6.65. The van der Waals surface area contributed by atoms with Crippen molar-refractivity contribution in [2.75, 3.05) is 26.2 Å². The second kappa shape index (κ2) is 6.72. The number of hydrogen-bond acceptors (Lipinski definition) is 3. The summed E-state index contributed by atoms with van der Waals surface area (Å²) in [5.41, 5.74) is 2.85. The minimum absolute atomic E-state index is 0.316. The van der Waals surface area contributed by atoms with E-state index in [4.69, 9.17) is 11.6 Å². The maximum absolute atomic E-state index is 12.8. The van der Waals surface area contributed by atoms with Gasteiger partial charge in [0.25, 0.3) is 0 Å². The number of hydrogen-bond donors (Lipinski definition) is 0. The van der Waals surface area contributed by atoms with Crippen molar-refractivity contribution >= 4 is 21.6 Å². The monoisotopic (exact) mass is 376 g/mol. The molecule has 2 aromatic rings. The van der Waals surface area contributed by atoms with Crippen LogP contribution in [-0.2, 0) is 16.4 Å². The van der Waals surface area contributed by atoms with Crippen LogP contribution in [0.15, 0.2) is 53.4 Å². The fourth-order valence-corrected chi connectivity index (χ4v) is 5.47. The summed E-state index contributed by atoms with van der Waals surface area (Å²) in [5, 5.41) is 0.545. The number of rotatable bonds is 3. The molecule has 0 aromatic heterocycles. The van der Waals surface area contributed by atoms with Crippen molar-refractivity contribution in [1.29, 1.82) is 0 Å². The van der Waals surface area contributed by atoms with E-state index in [0.717, 1.165) is 25.9 Å². The lowest BCUT2D eigenvalue weighted by atomic mass is 10.1. The first-order valence-electron chi connectivity index (χ1n) is 8.63. The average Bonchev–Trinajstić information content (AvgIpc) is 3.06. The Labute approximate surface area is 154 Å². The van der Waals surface area contributed by atoms with Crippen molar-refractivity contribution in [3.63, 3.8) is 0 Å². The van der Waals surface area contributed by atoms with Crippen LogP contribution in [-0.4, -0.2) is 43.8 Å². The van der Waals surface area contributed by atoms with E-state index < -0.39 is 10.0 Å². The zero-order valence-corrected chi connectivity index (χ0v) is 15.5. The number of nitrogens with zero attached hydrogens (tertiary/aromatic N) is 2. The molecule has 0 spiro atoms. The number of piperazine rings is 1. The average molecular weight is 377 g/mol. The normalized spacial score (nSPS) is 22.0. The van der Waals surface area contributed by atoms with E-state index in [-0.39, 0.29) is 0 Å². The molecule has 2 aromatic carbocycles. The molecule has 2 aliphatic rings. The summed E-state index contributed by atoms with van der Waals surface area (Å²) in [4.78, 5) is 2.75. The van der Waals surface area contributed by atoms with E-state index in [1.54, 1.807) is 28.6 Å². The van der Waals surface area contributed by atoms with Crippen molar-refractivity contribution in [2.24, 2.45) is 0 Å². The van der Waals surface area contributed by atoms with Gasteiger partial charge in [-0.3, -0.25) is 4.90 Å². The van der Waals surface area contributed by atoms with Gasteiger partial charge in [0.2, 0.25) is 10.0 Å². The Kier molecular flexibility index (Phi) is 4.58. The molecule has 1 aliphatic heterocycles. The molecule has 0 saturated carbocycles. The largest absolute Gasteiger partial charge is 0.294 e. The predicted molar refractivity (Wildman–Crippen MR) is 99.3 cm³/mol. The zero-order valence-electron chi connectivity index (χ0n) is 13.9. The van der Waals surface area contributed by atoms with Crippen molar-refractivity contribution in [1.82, 2.24) is 9.21 Å². The Hall–Kier alpha value is -1.40. The molecule has 1 saturated heterocycles. The van der Waals surface area contributed by atoms with Gasteiger partial charge in [0.1, 0.15) is 0 Å². The molecule has 0 radical (unpaired) electrons. The molecule has 0 amide bonds. The summed E-state index contributed by atoms with van der Waals surface area (Å²) in [6.07, 6.45) is 2.24. The van der Waals surface area contributed by atoms with Crippen molar-refractivity contribution < 1.29 is 8.42 Å². The topological polar surface area (TPSA) is 40.6 Å². The molecule has 132 valence electrons. The van der Waals surface area contributed by atoms with E-state index in [1.165, 1.54) is 11.1 Å². The summed E-state index contributed by atoms with van der Waals surface area (Å²) in [5.74, 6) is 0. The number of aryl methyl sites for hydroxylation is 1. The van der Waals surface area contributed by atoms with Crippen LogP contribution < -0.4 is 0 Å². The highest BCUT2D eigenvalue weighted by atomic mass is 35.5. The third-order valence-electron chi connectivity index (χ3n) is 5.27. The highest BCUT2D eigenvalue weighted by Gasteiger charge is 2.33. The molecule has 1 heterocycles. The Balaban J connectivity index is 1.46. The van der Waals surface area contributed by atoms with Crippen LogP contribution >= 0.6 is 11.6 Å². The van der Waals surface area contributed by atoms with Crippen molar-refractivity contribution in [3.8, 4) is 0 Å². The van der Waals surface area contributed by atoms with Gasteiger partial charge in [0.15, 0.2) is 0 Å². The minimum atomic E-state index is -3.44. The van der Waals surface area contributed by atoms with Gasteiger partial charge in [0, 0.05) is 37.2 Å². The maximum atomic E-state index is 12.8. The molecule has 1 atom stereocenters. The Morgan fingerprint density at radius 3 is 2.32 bits per heavy atom. The van der Waals surface area contributed by atoms with Crippen LogP contribution in [0.25, 0.3) is 0 Å². The predicted octanol–water partition coefficient (Wildman–Crippen LogP) is 3.33. The molecule has 1 aliphatic carbocycles. The van der Waals surface area contributed by atoms with Gasteiger partial charge < -0.3 is 0 Å². The van der Waals surface area contributed by atoms with E-state index in [1.807, 2.05) is 0 Å². The number of fused-ring (bicyclic) bond motifs is 1. The lowest BCUT2D eigenvalue weighted by Gasteiger charge is -2.37. The van der Waals surface area contributed by atoms with Crippen molar-refractivity contribution in [2.45, 2.75) is 23.8 Å². The number of sulfonamides is 1. The van der Waals surface area contributed by atoms with Crippen LogP contribution in [0.3, 0.4) is 0 Å². The lowest BCUT2D eigenvalue weighted by Crippen LogP contribution is -2.49.